The van der Waals surface area contributed by atoms with E-state index in [2.05, 4.69) is 34.5 Å². The molecule has 3 heteroatoms. The van der Waals surface area contributed by atoms with Gasteiger partial charge in [0.1, 0.15) is 6.33 Å². The Morgan fingerprint density at radius 2 is 1.71 bits per heavy atom. The highest BCUT2D eigenvalue weighted by molar-refractivity contribution is 5.69. The summed E-state index contributed by atoms with van der Waals surface area (Å²) in [6.45, 7) is 0. The number of aromatic nitrogens is 3. The number of hydrogen-bond donors (Lipinski definition) is 0. The molecule has 0 aliphatic carbocycles. The number of fused-ring (bicyclic) bond motifs is 1. The second-order valence-corrected chi connectivity index (χ2v) is 3.80. The van der Waals surface area contributed by atoms with E-state index >= 15 is 0 Å². The number of nitrogens with zero attached hydrogens (tertiary/aromatic N) is 3. The van der Waals surface area contributed by atoms with Crippen molar-refractivity contribution in [1.29, 1.82) is 0 Å². The van der Waals surface area contributed by atoms with E-state index in [1.54, 1.807) is 6.33 Å². The zero-order valence-electron chi connectivity index (χ0n) is 9.19. The highest BCUT2D eigenvalue weighted by Gasteiger charge is 1.94. The molecule has 0 aliphatic heterocycles. The lowest BCUT2D eigenvalue weighted by molar-refractivity contribution is 1.10. The van der Waals surface area contributed by atoms with Crippen LogP contribution in [0.25, 0.3) is 17.8 Å². The van der Waals surface area contributed by atoms with Gasteiger partial charge in [-0.25, -0.2) is 0 Å². The van der Waals surface area contributed by atoms with E-state index in [1.165, 1.54) is 5.56 Å². The maximum absolute atomic E-state index is 3.97. The molecule has 0 saturated heterocycles. The Labute approximate surface area is 99.1 Å². The van der Waals surface area contributed by atoms with Crippen molar-refractivity contribution in [2.24, 2.45) is 0 Å². The molecule has 0 saturated carbocycles. The second-order valence-electron chi connectivity index (χ2n) is 3.80. The van der Waals surface area contributed by atoms with Crippen molar-refractivity contribution < 1.29 is 0 Å². The van der Waals surface area contributed by atoms with Crippen molar-refractivity contribution in [1.82, 2.24) is 14.6 Å². The minimum absolute atomic E-state index is 0.863. The molecule has 0 spiro atoms. The summed E-state index contributed by atoms with van der Waals surface area (Å²) in [5.74, 6) is 0. The Bertz CT molecular complexity index is 653. The molecule has 2 aromatic heterocycles. The lowest BCUT2D eigenvalue weighted by atomic mass is 10.2. The SMILES string of the molecule is C(=C\c1ccc2nncn2c1)/c1ccccc1. The summed E-state index contributed by atoms with van der Waals surface area (Å²) in [5, 5.41) is 7.82. The first kappa shape index (κ1) is 9.78. The van der Waals surface area contributed by atoms with Crippen molar-refractivity contribution in [3.8, 4) is 0 Å². The summed E-state index contributed by atoms with van der Waals surface area (Å²) in [7, 11) is 0. The molecule has 0 radical (unpaired) electrons. The van der Waals surface area contributed by atoms with E-state index in [-0.39, 0.29) is 0 Å². The zero-order chi connectivity index (χ0) is 11.5. The predicted octanol–water partition coefficient (Wildman–Crippen LogP) is 2.90. The van der Waals surface area contributed by atoms with E-state index in [4.69, 9.17) is 0 Å². The van der Waals surface area contributed by atoms with Gasteiger partial charge in [-0.1, -0.05) is 42.5 Å². The van der Waals surface area contributed by atoms with E-state index in [1.807, 2.05) is 40.9 Å². The Balaban J connectivity index is 1.92. The second kappa shape index (κ2) is 4.22. The summed E-state index contributed by atoms with van der Waals surface area (Å²) in [5.41, 5.74) is 3.18. The average molecular weight is 221 g/mol. The molecule has 0 aliphatic rings. The number of benzene rings is 1. The van der Waals surface area contributed by atoms with Crippen LogP contribution in [0.2, 0.25) is 0 Å². The molecule has 3 nitrogen and oxygen atoms in total. The standard InChI is InChI=1S/C14H11N3/c1-2-4-12(5-3-1)6-7-13-8-9-14-16-15-11-17(14)10-13/h1-11H/b7-6+. The molecule has 3 aromatic rings. The molecule has 2 heterocycles. The molecule has 0 amide bonds. The summed E-state index contributed by atoms with van der Waals surface area (Å²) in [6, 6.07) is 14.2. The molecule has 0 bridgehead atoms. The molecule has 17 heavy (non-hydrogen) atoms. The van der Waals surface area contributed by atoms with E-state index in [0.717, 1.165) is 11.2 Å². The van der Waals surface area contributed by atoms with E-state index in [9.17, 15) is 0 Å². The maximum atomic E-state index is 3.97. The summed E-state index contributed by atoms with van der Waals surface area (Å²) >= 11 is 0. The molecule has 0 N–H and O–H groups in total. The van der Waals surface area contributed by atoms with Crippen molar-refractivity contribution in [2.45, 2.75) is 0 Å². The molecule has 82 valence electrons. The quantitative estimate of drug-likeness (QED) is 0.666. The van der Waals surface area contributed by atoms with Gasteiger partial charge in [0.05, 0.1) is 0 Å². The van der Waals surface area contributed by atoms with Crippen LogP contribution in [0.4, 0.5) is 0 Å². The minimum Gasteiger partial charge on any atom is -0.288 e. The first-order valence-corrected chi connectivity index (χ1v) is 5.44. The average Bonchev–Trinajstić information content (AvgIpc) is 2.85. The predicted molar refractivity (Wildman–Crippen MR) is 68.4 cm³/mol. The highest BCUT2D eigenvalue weighted by atomic mass is 15.2. The van der Waals surface area contributed by atoms with Gasteiger partial charge in [-0.15, -0.1) is 10.2 Å². The Morgan fingerprint density at radius 1 is 0.882 bits per heavy atom. The third-order valence-corrected chi connectivity index (χ3v) is 2.58. The first-order valence-electron chi connectivity index (χ1n) is 5.44. The maximum Gasteiger partial charge on any atom is 0.160 e. The van der Waals surface area contributed by atoms with Crippen LogP contribution in [0.15, 0.2) is 55.0 Å². The summed E-state index contributed by atoms with van der Waals surface area (Å²) < 4.78 is 1.91. The molecule has 0 atom stereocenters. The monoisotopic (exact) mass is 221 g/mol. The number of rotatable bonds is 2. The van der Waals surface area contributed by atoms with Gasteiger partial charge in [-0.3, -0.25) is 4.40 Å². The highest BCUT2D eigenvalue weighted by Crippen LogP contribution is 2.09. The van der Waals surface area contributed by atoms with Gasteiger partial charge in [0.2, 0.25) is 0 Å². The summed E-state index contributed by atoms with van der Waals surface area (Å²) in [6.07, 6.45) is 7.88. The van der Waals surface area contributed by atoms with Gasteiger partial charge in [0.25, 0.3) is 0 Å². The van der Waals surface area contributed by atoms with E-state index in [0.29, 0.717) is 0 Å². The fourth-order valence-electron chi connectivity index (χ4n) is 1.70. The third-order valence-electron chi connectivity index (χ3n) is 2.58. The topological polar surface area (TPSA) is 30.2 Å². The van der Waals surface area contributed by atoms with Crippen molar-refractivity contribution >= 4 is 17.8 Å². The van der Waals surface area contributed by atoms with Gasteiger partial charge in [0, 0.05) is 6.20 Å². The van der Waals surface area contributed by atoms with Gasteiger partial charge in [-0.2, -0.15) is 0 Å². The van der Waals surface area contributed by atoms with Crippen LogP contribution in [0.5, 0.6) is 0 Å². The Kier molecular flexibility index (Phi) is 2.43. The van der Waals surface area contributed by atoms with Crippen LogP contribution in [0, 0.1) is 0 Å². The van der Waals surface area contributed by atoms with Crippen LogP contribution in [-0.4, -0.2) is 14.6 Å². The molecule has 0 unspecified atom stereocenters. The normalized spacial score (nSPS) is 11.3. The fourth-order valence-corrected chi connectivity index (χ4v) is 1.70. The van der Waals surface area contributed by atoms with Crippen LogP contribution in [-0.2, 0) is 0 Å². The fraction of sp³-hybridized carbons (Fsp3) is 0. The lowest BCUT2D eigenvalue weighted by Gasteiger charge is -1.96. The smallest absolute Gasteiger partial charge is 0.160 e. The van der Waals surface area contributed by atoms with Gasteiger partial charge in [-0.05, 0) is 23.3 Å². The molecular weight excluding hydrogens is 210 g/mol. The minimum atomic E-state index is 0.863. The van der Waals surface area contributed by atoms with Gasteiger partial charge < -0.3 is 0 Å². The number of pyridine rings is 1. The van der Waals surface area contributed by atoms with Crippen molar-refractivity contribution in [3.63, 3.8) is 0 Å². The zero-order valence-corrected chi connectivity index (χ0v) is 9.19. The third kappa shape index (κ3) is 2.08. The molecular formula is C14H11N3. The van der Waals surface area contributed by atoms with Crippen LogP contribution < -0.4 is 0 Å². The van der Waals surface area contributed by atoms with Crippen LogP contribution in [0.3, 0.4) is 0 Å². The molecule has 3 rings (SSSR count). The summed E-state index contributed by atoms with van der Waals surface area (Å²) in [4.78, 5) is 0. The molecule has 0 fully saturated rings. The first-order chi connectivity index (χ1) is 8.42. The van der Waals surface area contributed by atoms with E-state index < -0.39 is 0 Å². The largest absolute Gasteiger partial charge is 0.288 e. The Morgan fingerprint density at radius 3 is 2.59 bits per heavy atom. The van der Waals surface area contributed by atoms with Crippen molar-refractivity contribution in [3.05, 3.63) is 66.1 Å². The van der Waals surface area contributed by atoms with Gasteiger partial charge in [0.15, 0.2) is 5.65 Å². The lowest BCUT2D eigenvalue weighted by Crippen LogP contribution is -1.83. The van der Waals surface area contributed by atoms with Crippen LogP contribution in [0.1, 0.15) is 11.1 Å². The Hall–Kier alpha value is -2.42. The number of hydrogen-bond acceptors (Lipinski definition) is 2. The van der Waals surface area contributed by atoms with Crippen molar-refractivity contribution in [2.75, 3.05) is 0 Å². The molecule has 1 aromatic carbocycles. The van der Waals surface area contributed by atoms with Crippen LogP contribution >= 0.6 is 0 Å². The van der Waals surface area contributed by atoms with Gasteiger partial charge >= 0.3 is 0 Å².